The SMILES string of the molecule is COC(=O)Cn1ccc2ccc(-c3csc(-c4cccc(C)c4)n3)cc21. The topological polar surface area (TPSA) is 44.1 Å². The van der Waals surface area contributed by atoms with Gasteiger partial charge in [0.05, 0.1) is 12.8 Å². The molecule has 0 unspecified atom stereocenters. The second kappa shape index (κ2) is 6.77. The summed E-state index contributed by atoms with van der Waals surface area (Å²) < 4.78 is 6.68. The molecule has 0 aliphatic carbocycles. The molecule has 0 atom stereocenters. The van der Waals surface area contributed by atoms with Gasteiger partial charge in [0.15, 0.2) is 0 Å². The maximum Gasteiger partial charge on any atom is 0.325 e. The first kappa shape index (κ1) is 16.5. The Morgan fingerprint density at radius 2 is 2.04 bits per heavy atom. The number of esters is 1. The highest BCUT2D eigenvalue weighted by Crippen LogP contribution is 2.31. The van der Waals surface area contributed by atoms with Crippen LogP contribution in [0, 0.1) is 6.92 Å². The van der Waals surface area contributed by atoms with E-state index in [4.69, 9.17) is 9.72 Å². The lowest BCUT2D eigenvalue weighted by Gasteiger charge is -2.05. The van der Waals surface area contributed by atoms with Crippen molar-refractivity contribution in [1.82, 2.24) is 9.55 Å². The van der Waals surface area contributed by atoms with Crippen LogP contribution in [0.3, 0.4) is 0 Å². The molecule has 4 aromatic rings. The summed E-state index contributed by atoms with van der Waals surface area (Å²) in [6, 6.07) is 16.6. The molecule has 4 rings (SSSR count). The largest absolute Gasteiger partial charge is 0.468 e. The molecule has 0 saturated heterocycles. The Morgan fingerprint density at radius 3 is 2.85 bits per heavy atom. The van der Waals surface area contributed by atoms with E-state index in [-0.39, 0.29) is 12.5 Å². The molecule has 2 heterocycles. The number of aryl methyl sites for hydroxylation is 1. The van der Waals surface area contributed by atoms with Crippen molar-refractivity contribution in [2.75, 3.05) is 7.11 Å². The molecule has 0 spiro atoms. The maximum absolute atomic E-state index is 11.6. The van der Waals surface area contributed by atoms with Gasteiger partial charge in [0.2, 0.25) is 0 Å². The van der Waals surface area contributed by atoms with Crippen LogP contribution in [0.5, 0.6) is 0 Å². The van der Waals surface area contributed by atoms with E-state index in [0.717, 1.165) is 32.7 Å². The first-order valence-electron chi connectivity index (χ1n) is 8.33. The fraction of sp³-hybridized carbons (Fsp3) is 0.143. The minimum absolute atomic E-state index is 0.203. The van der Waals surface area contributed by atoms with Crippen molar-refractivity contribution in [3.05, 3.63) is 65.7 Å². The molecule has 4 nitrogen and oxygen atoms in total. The van der Waals surface area contributed by atoms with Gasteiger partial charge in [-0.3, -0.25) is 4.79 Å². The Morgan fingerprint density at radius 1 is 1.15 bits per heavy atom. The van der Waals surface area contributed by atoms with Crippen molar-refractivity contribution in [3.8, 4) is 21.8 Å². The predicted octanol–water partition coefficient (Wildman–Crippen LogP) is 4.91. The minimum Gasteiger partial charge on any atom is -0.468 e. The second-order valence-corrected chi connectivity index (χ2v) is 7.06. The fourth-order valence-corrected chi connectivity index (χ4v) is 3.83. The first-order chi connectivity index (χ1) is 12.6. The van der Waals surface area contributed by atoms with Crippen molar-refractivity contribution < 1.29 is 9.53 Å². The monoisotopic (exact) mass is 362 g/mol. The summed E-state index contributed by atoms with van der Waals surface area (Å²) in [6.45, 7) is 2.29. The molecule has 130 valence electrons. The van der Waals surface area contributed by atoms with Gasteiger partial charge in [0.1, 0.15) is 11.6 Å². The fourth-order valence-electron chi connectivity index (χ4n) is 3.00. The highest BCUT2D eigenvalue weighted by atomic mass is 32.1. The number of thiazole rings is 1. The average Bonchev–Trinajstić information content (AvgIpc) is 3.29. The molecule has 0 saturated carbocycles. The predicted molar refractivity (Wildman–Crippen MR) is 105 cm³/mol. The zero-order chi connectivity index (χ0) is 18.1. The summed E-state index contributed by atoms with van der Waals surface area (Å²) in [5.74, 6) is -0.261. The van der Waals surface area contributed by atoms with Gasteiger partial charge in [0.25, 0.3) is 0 Å². The molecule has 0 aliphatic rings. The molecular weight excluding hydrogens is 344 g/mol. The van der Waals surface area contributed by atoms with Gasteiger partial charge < -0.3 is 9.30 Å². The van der Waals surface area contributed by atoms with Crippen LogP contribution >= 0.6 is 11.3 Å². The standard InChI is InChI=1S/C21H18N2O2S/c1-14-4-3-5-17(10-14)21-22-18(13-26-21)16-7-6-15-8-9-23(19(15)11-16)12-20(24)25-2/h3-11,13H,12H2,1-2H3. The van der Waals surface area contributed by atoms with Crippen LogP contribution < -0.4 is 0 Å². The van der Waals surface area contributed by atoms with Gasteiger partial charge in [-0.2, -0.15) is 0 Å². The normalized spacial score (nSPS) is 11.0. The molecule has 2 aromatic heterocycles. The molecule has 0 N–H and O–H groups in total. The number of methoxy groups -OCH3 is 1. The van der Waals surface area contributed by atoms with Crippen molar-refractivity contribution in [2.24, 2.45) is 0 Å². The lowest BCUT2D eigenvalue weighted by atomic mass is 10.1. The van der Waals surface area contributed by atoms with E-state index in [1.807, 2.05) is 16.8 Å². The Balaban J connectivity index is 1.71. The van der Waals surface area contributed by atoms with E-state index in [2.05, 4.69) is 54.8 Å². The van der Waals surface area contributed by atoms with Crippen molar-refractivity contribution in [1.29, 1.82) is 0 Å². The number of fused-ring (bicyclic) bond motifs is 1. The summed E-state index contributed by atoms with van der Waals surface area (Å²) in [5, 5.41) is 4.17. The molecule has 0 bridgehead atoms. The van der Waals surface area contributed by atoms with E-state index >= 15 is 0 Å². The molecular formula is C21H18N2O2S. The van der Waals surface area contributed by atoms with Crippen LogP contribution in [0.15, 0.2) is 60.1 Å². The van der Waals surface area contributed by atoms with Gasteiger partial charge in [-0.1, -0.05) is 35.9 Å². The summed E-state index contributed by atoms with van der Waals surface area (Å²) in [6.07, 6.45) is 1.91. The number of hydrogen-bond acceptors (Lipinski definition) is 4. The molecule has 26 heavy (non-hydrogen) atoms. The zero-order valence-corrected chi connectivity index (χ0v) is 15.4. The smallest absolute Gasteiger partial charge is 0.325 e. The Kier molecular flexibility index (Phi) is 4.31. The number of ether oxygens (including phenoxy) is 1. The number of carbonyl (C=O) groups is 1. The van der Waals surface area contributed by atoms with E-state index in [0.29, 0.717) is 0 Å². The van der Waals surface area contributed by atoms with Crippen LogP contribution in [0.25, 0.3) is 32.7 Å². The zero-order valence-electron chi connectivity index (χ0n) is 14.6. The van der Waals surface area contributed by atoms with Crippen molar-refractivity contribution in [3.63, 3.8) is 0 Å². The Labute approximate surface area is 155 Å². The number of carbonyl (C=O) groups excluding carboxylic acids is 1. The van der Waals surface area contributed by atoms with Gasteiger partial charge in [-0.25, -0.2) is 4.98 Å². The van der Waals surface area contributed by atoms with Crippen LogP contribution in [0.4, 0.5) is 0 Å². The Bertz CT molecular complexity index is 1090. The third-order valence-electron chi connectivity index (χ3n) is 4.37. The highest BCUT2D eigenvalue weighted by molar-refractivity contribution is 7.13. The molecule has 0 fully saturated rings. The lowest BCUT2D eigenvalue weighted by molar-refractivity contribution is -0.141. The number of benzene rings is 2. The lowest BCUT2D eigenvalue weighted by Crippen LogP contribution is -2.10. The average molecular weight is 362 g/mol. The quantitative estimate of drug-likeness (QED) is 0.484. The van der Waals surface area contributed by atoms with Gasteiger partial charge in [-0.15, -0.1) is 11.3 Å². The molecule has 0 amide bonds. The van der Waals surface area contributed by atoms with E-state index in [1.54, 1.807) is 11.3 Å². The second-order valence-electron chi connectivity index (χ2n) is 6.20. The number of rotatable bonds is 4. The Hall–Kier alpha value is -2.92. The van der Waals surface area contributed by atoms with E-state index in [1.165, 1.54) is 12.7 Å². The van der Waals surface area contributed by atoms with E-state index in [9.17, 15) is 4.79 Å². The van der Waals surface area contributed by atoms with Gasteiger partial charge >= 0.3 is 5.97 Å². The van der Waals surface area contributed by atoms with Crippen LogP contribution in [0.1, 0.15) is 5.56 Å². The highest BCUT2D eigenvalue weighted by Gasteiger charge is 2.10. The molecule has 0 aliphatic heterocycles. The van der Waals surface area contributed by atoms with Gasteiger partial charge in [0, 0.05) is 28.2 Å². The minimum atomic E-state index is -0.261. The molecule has 2 aromatic carbocycles. The third kappa shape index (κ3) is 3.13. The summed E-state index contributed by atoms with van der Waals surface area (Å²) >= 11 is 1.64. The van der Waals surface area contributed by atoms with Gasteiger partial charge in [-0.05, 0) is 30.5 Å². The summed E-state index contributed by atoms with van der Waals surface area (Å²) in [4.78, 5) is 16.4. The van der Waals surface area contributed by atoms with Crippen LogP contribution in [-0.4, -0.2) is 22.6 Å². The number of hydrogen-bond donors (Lipinski definition) is 0. The van der Waals surface area contributed by atoms with Crippen LogP contribution in [-0.2, 0) is 16.1 Å². The summed E-state index contributed by atoms with van der Waals surface area (Å²) in [5.41, 5.74) is 5.34. The maximum atomic E-state index is 11.6. The molecule has 0 radical (unpaired) electrons. The van der Waals surface area contributed by atoms with Crippen molar-refractivity contribution >= 4 is 28.2 Å². The van der Waals surface area contributed by atoms with Crippen molar-refractivity contribution in [2.45, 2.75) is 13.5 Å². The van der Waals surface area contributed by atoms with Crippen LogP contribution in [0.2, 0.25) is 0 Å². The third-order valence-corrected chi connectivity index (χ3v) is 5.26. The first-order valence-corrected chi connectivity index (χ1v) is 9.20. The number of nitrogens with zero attached hydrogens (tertiary/aromatic N) is 2. The number of aromatic nitrogens is 2. The van der Waals surface area contributed by atoms with E-state index < -0.39 is 0 Å². The summed E-state index contributed by atoms with van der Waals surface area (Å²) in [7, 11) is 1.40. The molecule has 5 heteroatoms.